The van der Waals surface area contributed by atoms with Crippen molar-refractivity contribution in [3.05, 3.63) is 46.0 Å². The molecule has 2 aromatic rings. The summed E-state index contributed by atoms with van der Waals surface area (Å²) >= 11 is 0. The van der Waals surface area contributed by atoms with Gasteiger partial charge in [0.05, 0.1) is 4.92 Å². The maximum absolute atomic E-state index is 11.7. The molecule has 2 saturated heterocycles. The van der Waals surface area contributed by atoms with E-state index < -0.39 is 4.92 Å². The monoisotopic (exact) mass is 412 g/mol. The Morgan fingerprint density at radius 2 is 1.60 bits per heavy atom. The zero-order valence-electron chi connectivity index (χ0n) is 17.3. The van der Waals surface area contributed by atoms with E-state index in [9.17, 15) is 10.1 Å². The number of hydrogen-bond acceptors (Lipinski definition) is 9. The molecular formula is C20H28N8O2. The highest BCUT2D eigenvalue weighted by Gasteiger charge is 2.31. The first-order chi connectivity index (χ1) is 14.5. The van der Waals surface area contributed by atoms with E-state index in [-0.39, 0.29) is 11.5 Å². The molecule has 4 rings (SSSR count). The van der Waals surface area contributed by atoms with Crippen molar-refractivity contribution < 1.29 is 4.92 Å². The van der Waals surface area contributed by atoms with E-state index in [1.165, 1.54) is 5.56 Å². The lowest BCUT2D eigenvalue weighted by molar-refractivity contribution is -0.383. The van der Waals surface area contributed by atoms with Gasteiger partial charge in [-0.1, -0.05) is 30.3 Å². The van der Waals surface area contributed by atoms with Crippen molar-refractivity contribution in [1.82, 2.24) is 19.8 Å². The lowest BCUT2D eigenvalue weighted by Crippen LogP contribution is -2.47. The van der Waals surface area contributed by atoms with Gasteiger partial charge in [-0.15, -0.1) is 0 Å². The maximum Gasteiger partial charge on any atom is 0.353 e. The largest absolute Gasteiger partial charge is 0.378 e. The van der Waals surface area contributed by atoms with E-state index in [0.717, 1.165) is 45.8 Å². The number of benzene rings is 1. The molecule has 0 amide bonds. The molecule has 0 saturated carbocycles. The van der Waals surface area contributed by atoms with Gasteiger partial charge < -0.3 is 20.4 Å². The molecule has 0 bridgehead atoms. The summed E-state index contributed by atoms with van der Waals surface area (Å²) in [5, 5.41) is 11.7. The summed E-state index contributed by atoms with van der Waals surface area (Å²) in [6.07, 6.45) is 0. The van der Waals surface area contributed by atoms with Crippen molar-refractivity contribution in [3.8, 4) is 0 Å². The SMILES string of the molecule is CN1CCN(c2nc(N)c([N+](=O)[O-])c(N3CCN(Cc4ccccc4)CC3)n2)CC1. The Hall–Kier alpha value is -2.98. The molecule has 2 fully saturated rings. The molecule has 10 nitrogen and oxygen atoms in total. The molecule has 0 radical (unpaired) electrons. The van der Waals surface area contributed by atoms with Crippen molar-refractivity contribution in [2.45, 2.75) is 6.54 Å². The first kappa shape index (κ1) is 20.3. The molecule has 2 aliphatic heterocycles. The van der Waals surface area contributed by atoms with Crippen LogP contribution in [0, 0.1) is 10.1 Å². The Labute approximate surface area is 176 Å². The first-order valence-electron chi connectivity index (χ1n) is 10.3. The molecule has 0 spiro atoms. The van der Waals surface area contributed by atoms with Gasteiger partial charge in [-0.2, -0.15) is 9.97 Å². The van der Waals surface area contributed by atoms with E-state index in [1.54, 1.807) is 0 Å². The van der Waals surface area contributed by atoms with Crippen LogP contribution in [0.5, 0.6) is 0 Å². The standard InChI is InChI=1S/C20H28N8O2/c1-24-7-11-27(12-8-24)20-22-18(21)17(28(29)30)19(23-20)26-13-9-25(10-14-26)15-16-5-3-2-4-6-16/h2-6H,7-15H2,1H3,(H2,21,22,23). The number of likely N-dealkylation sites (N-methyl/N-ethyl adjacent to an activating group) is 1. The van der Waals surface area contributed by atoms with E-state index >= 15 is 0 Å². The fraction of sp³-hybridized carbons (Fsp3) is 0.500. The number of nitrogen functional groups attached to an aromatic ring is 1. The highest BCUT2D eigenvalue weighted by Crippen LogP contribution is 2.33. The summed E-state index contributed by atoms with van der Waals surface area (Å²) in [7, 11) is 2.07. The number of aromatic nitrogens is 2. The minimum Gasteiger partial charge on any atom is -0.378 e. The van der Waals surface area contributed by atoms with E-state index in [4.69, 9.17) is 5.73 Å². The average molecular weight is 412 g/mol. The number of nitrogens with zero attached hydrogens (tertiary/aromatic N) is 7. The van der Waals surface area contributed by atoms with E-state index in [1.807, 2.05) is 23.1 Å². The Morgan fingerprint density at radius 1 is 0.967 bits per heavy atom. The van der Waals surface area contributed by atoms with Crippen LogP contribution in [-0.2, 0) is 6.54 Å². The molecule has 2 aliphatic rings. The fourth-order valence-corrected chi connectivity index (χ4v) is 3.95. The van der Waals surface area contributed by atoms with E-state index in [0.29, 0.717) is 24.9 Å². The fourth-order valence-electron chi connectivity index (χ4n) is 3.95. The Morgan fingerprint density at radius 3 is 2.23 bits per heavy atom. The van der Waals surface area contributed by atoms with Crippen LogP contribution in [0.15, 0.2) is 30.3 Å². The smallest absolute Gasteiger partial charge is 0.353 e. The minimum atomic E-state index is -0.464. The number of nitro groups is 1. The topological polar surface area (TPSA) is 108 Å². The van der Waals surface area contributed by atoms with Crippen LogP contribution in [0.2, 0.25) is 0 Å². The van der Waals surface area contributed by atoms with Crippen LogP contribution in [-0.4, -0.2) is 84.1 Å². The average Bonchev–Trinajstić information content (AvgIpc) is 2.75. The van der Waals surface area contributed by atoms with Crippen molar-refractivity contribution in [2.24, 2.45) is 0 Å². The number of piperazine rings is 2. The van der Waals surface area contributed by atoms with Crippen LogP contribution in [0.3, 0.4) is 0 Å². The van der Waals surface area contributed by atoms with Crippen molar-refractivity contribution >= 4 is 23.3 Å². The van der Waals surface area contributed by atoms with Crippen LogP contribution < -0.4 is 15.5 Å². The molecular weight excluding hydrogens is 384 g/mol. The molecule has 1 aromatic carbocycles. The number of nitrogens with two attached hydrogens (primary N) is 1. The minimum absolute atomic E-state index is 0.0642. The third-order valence-corrected chi connectivity index (χ3v) is 5.77. The molecule has 3 heterocycles. The van der Waals surface area contributed by atoms with Crippen LogP contribution in [0.4, 0.5) is 23.3 Å². The van der Waals surface area contributed by atoms with Crippen LogP contribution in [0.25, 0.3) is 0 Å². The molecule has 2 N–H and O–H groups in total. The Bertz CT molecular complexity index is 878. The number of anilines is 3. The van der Waals surface area contributed by atoms with E-state index in [2.05, 4.69) is 43.8 Å². The summed E-state index contributed by atoms with van der Waals surface area (Å²) in [6.45, 7) is 7.14. The molecule has 0 unspecified atom stereocenters. The van der Waals surface area contributed by atoms with Crippen LogP contribution in [0.1, 0.15) is 5.56 Å². The van der Waals surface area contributed by atoms with Crippen molar-refractivity contribution in [2.75, 3.05) is 74.9 Å². The van der Waals surface area contributed by atoms with Crippen molar-refractivity contribution in [3.63, 3.8) is 0 Å². The molecule has 30 heavy (non-hydrogen) atoms. The second-order valence-corrected chi connectivity index (χ2v) is 7.88. The van der Waals surface area contributed by atoms with Gasteiger partial charge in [0.1, 0.15) is 0 Å². The normalized spacial score (nSPS) is 18.6. The zero-order valence-corrected chi connectivity index (χ0v) is 17.3. The van der Waals surface area contributed by atoms with Gasteiger partial charge in [-0.25, -0.2) is 0 Å². The predicted octanol–water partition coefficient (Wildman–Crippen LogP) is 1.04. The highest BCUT2D eigenvalue weighted by atomic mass is 16.6. The Kier molecular flexibility index (Phi) is 5.96. The van der Waals surface area contributed by atoms with Gasteiger partial charge in [0.25, 0.3) is 0 Å². The summed E-state index contributed by atoms with van der Waals surface area (Å²) < 4.78 is 0. The zero-order chi connectivity index (χ0) is 21.1. The molecule has 1 aromatic heterocycles. The molecule has 0 aliphatic carbocycles. The second kappa shape index (κ2) is 8.80. The summed E-state index contributed by atoms with van der Waals surface area (Å²) in [5.41, 5.74) is 7.10. The maximum atomic E-state index is 11.7. The van der Waals surface area contributed by atoms with Gasteiger partial charge >= 0.3 is 5.69 Å². The lowest BCUT2D eigenvalue weighted by atomic mass is 10.2. The quantitative estimate of drug-likeness (QED) is 0.569. The number of hydrogen-bond donors (Lipinski definition) is 1. The summed E-state index contributed by atoms with van der Waals surface area (Å²) in [5.74, 6) is 0.749. The van der Waals surface area contributed by atoms with Gasteiger partial charge in [0, 0.05) is 58.9 Å². The first-order valence-corrected chi connectivity index (χ1v) is 10.3. The van der Waals surface area contributed by atoms with Gasteiger partial charge in [0.15, 0.2) is 0 Å². The van der Waals surface area contributed by atoms with Crippen molar-refractivity contribution in [1.29, 1.82) is 0 Å². The van der Waals surface area contributed by atoms with Gasteiger partial charge in [0.2, 0.25) is 17.6 Å². The predicted molar refractivity (Wildman–Crippen MR) is 117 cm³/mol. The molecule has 0 atom stereocenters. The lowest BCUT2D eigenvalue weighted by Gasteiger charge is -2.36. The van der Waals surface area contributed by atoms with Crippen LogP contribution >= 0.6 is 0 Å². The molecule has 10 heteroatoms. The van der Waals surface area contributed by atoms with Gasteiger partial charge in [-0.05, 0) is 12.6 Å². The highest BCUT2D eigenvalue weighted by molar-refractivity contribution is 5.71. The van der Waals surface area contributed by atoms with Gasteiger partial charge in [-0.3, -0.25) is 15.0 Å². The third kappa shape index (κ3) is 4.44. The Balaban J connectivity index is 1.51. The summed E-state index contributed by atoms with van der Waals surface area (Å²) in [4.78, 5) is 28.7. The molecule has 160 valence electrons. The third-order valence-electron chi connectivity index (χ3n) is 5.77. The number of rotatable bonds is 5. The second-order valence-electron chi connectivity index (χ2n) is 7.88. The summed E-state index contributed by atoms with van der Waals surface area (Å²) in [6, 6.07) is 10.3.